The van der Waals surface area contributed by atoms with Gasteiger partial charge in [-0.15, -0.1) is 0 Å². The Labute approximate surface area is 129 Å². The molecular formula is C17H21BrN2. The molecule has 2 aromatic rings. The molecule has 0 aliphatic carbocycles. The average Bonchev–Trinajstić information content (AvgIpc) is 2.47. The third kappa shape index (κ3) is 3.68. The Morgan fingerprint density at radius 3 is 2.50 bits per heavy atom. The van der Waals surface area contributed by atoms with Gasteiger partial charge in [0.1, 0.15) is 0 Å². The second-order valence-corrected chi connectivity index (χ2v) is 5.71. The van der Waals surface area contributed by atoms with E-state index in [1.165, 1.54) is 17.5 Å². The Kier molecular flexibility index (Phi) is 5.74. The summed E-state index contributed by atoms with van der Waals surface area (Å²) in [6.45, 7) is 5.24. The molecule has 1 N–H and O–H groups in total. The predicted molar refractivity (Wildman–Crippen MR) is 87.9 cm³/mol. The Morgan fingerprint density at radius 2 is 1.90 bits per heavy atom. The normalized spacial score (nSPS) is 12.3. The molecule has 0 bridgehead atoms. The van der Waals surface area contributed by atoms with Gasteiger partial charge in [-0.25, -0.2) is 0 Å². The van der Waals surface area contributed by atoms with Gasteiger partial charge >= 0.3 is 0 Å². The van der Waals surface area contributed by atoms with E-state index in [4.69, 9.17) is 0 Å². The molecule has 1 aromatic heterocycles. The summed E-state index contributed by atoms with van der Waals surface area (Å²) in [6, 6.07) is 13.0. The number of halogens is 1. The van der Waals surface area contributed by atoms with Gasteiger partial charge in [-0.05, 0) is 52.2 Å². The third-order valence-electron chi connectivity index (χ3n) is 3.32. The van der Waals surface area contributed by atoms with Crippen LogP contribution in [0.5, 0.6) is 0 Å². The molecule has 2 nitrogen and oxygen atoms in total. The van der Waals surface area contributed by atoms with E-state index in [1.807, 2.05) is 18.3 Å². The highest BCUT2D eigenvalue weighted by molar-refractivity contribution is 9.10. The van der Waals surface area contributed by atoms with Crippen LogP contribution in [0.3, 0.4) is 0 Å². The lowest BCUT2D eigenvalue weighted by atomic mass is 10.00. The van der Waals surface area contributed by atoms with Gasteiger partial charge in [0.05, 0.1) is 11.7 Å². The Bertz CT molecular complexity index is 537. The SMILES string of the molecule is CCCc1ccc(C(NCC)c2ncccc2Br)cc1. The smallest absolute Gasteiger partial charge is 0.0762 e. The number of rotatable bonds is 6. The fourth-order valence-corrected chi connectivity index (χ4v) is 2.84. The monoisotopic (exact) mass is 332 g/mol. The average molecular weight is 333 g/mol. The van der Waals surface area contributed by atoms with E-state index in [0.29, 0.717) is 0 Å². The van der Waals surface area contributed by atoms with Crippen LogP contribution in [0.15, 0.2) is 47.1 Å². The van der Waals surface area contributed by atoms with Crippen LogP contribution in [0.25, 0.3) is 0 Å². The maximum atomic E-state index is 4.52. The molecule has 0 aliphatic heterocycles. The van der Waals surface area contributed by atoms with Crippen LogP contribution in [0.1, 0.15) is 43.1 Å². The minimum atomic E-state index is 0.131. The standard InChI is InChI=1S/C17H21BrN2/c1-3-6-13-8-10-14(11-9-13)16(19-4-2)17-15(18)7-5-12-20-17/h5,7-12,16,19H,3-4,6H2,1-2H3. The van der Waals surface area contributed by atoms with Crippen LogP contribution >= 0.6 is 15.9 Å². The molecule has 1 unspecified atom stereocenters. The van der Waals surface area contributed by atoms with Gasteiger partial charge < -0.3 is 5.32 Å². The summed E-state index contributed by atoms with van der Waals surface area (Å²) in [5, 5.41) is 3.51. The summed E-state index contributed by atoms with van der Waals surface area (Å²) in [6.07, 6.45) is 4.16. The lowest BCUT2D eigenvalue weighted by Gasteiger charge is -2.19. The van der Waals surface area contributed by atoms with Crippen molar-refractivity contribution in [2.75, 3.05) is 6.54 Å². The number of hydrogen-bond acceptors (Lipinski definition) is 2. The van der Waals surface area contributed by atoms with E-state index in [0.717, 1.165) is 23.1 Å². The van der Waals surface area contributed by atoms with Gasteiger partial charge in [0.25, 0.3) is 0 Å². The van der Waals surface area contributed by atoms with E-state index in [9.17, 15) is 0 Å². The largest absolute Gasteiger partial charge is 0.305 e. The van der Waals surface area contributed by atoms with Crippen LogP contribution in [-0.2, 0) is 6.42 Å². The predicted octanol–water partition coefficient (Wildman–Crippen LogP) is 4.50. The number of benzene rings is 1. The molecule has 0 saturated heterocycles. The van der Waals surface area contributed by atoms with Crippen molar-refractivity contribution >= 4 is 15.9 Å². The Morgan fingerprint density at radius 1 is 1.15 bits per heavy atom. The van der Waals surface area contributed by atoms with E-state index in [2.05, 4.69) is 64.3 Å². The highest BCUT2D eigenvalue weighted by atomic mass is 79.9. The number of aromatic nitrogens is 1. The molecular weight excluding hydrogens is 312 g/mol. The number of pyridine rings is 1. The lowest BCUT2D eigenvalue weighted by molar-refractivity contribution is 0.613. The summed E-state index contributed by atoms with van der Waals surface area (Å²) < 4.78 is 1.04. The third-order valence-corrected chi connectivity index (χ3v) is 3.99. The van der Waals surface area contributed by atoms with Crippen molar-refractivity contribution in [1.82, 2.24) is 10.3 Å². The summed E-state index contributed by atoms with van der Waals surface area (Å²) in [5.41, 5.74) is 3.69. The molecule has 0 saturated carbocycles. The zero-order valence-corrected chi connectivity index (χ0v) is 13.7. The quantitative estimate of drug-likeness (QED) is 0.842. The second-order valence-electron chi connectivity index (χ2n) is 4.85. The molecule has 0 spiro atoms. The van der Waals surface area contributed by atoms with Crippen molar-refractivity contribution in [2.24, 2.45) is 0 Å². The van der Waals surface area contributed by atoms with Gasteiger partial charge in [-0.3, -0.25) is 4.98 Å². The number of nitrogens with one attached hydrogen (secondary N) is 1. The number of nitrogens with zero attached hydrogens (tertiary/aromatic N) is 1. The van der Waals surface area contributed by atoms with Crippen molar-refractivity contribution in [3.63, 3.8) is 0 Å². The minimum absolute atomic E-state index is 0.131. The summed E-state index contributed by atoms with van der Waals surface area (Å²) in [5.74, 6) is 0. The molecule has 2 rings (SSSR count). The van der Waals surface area contributed by atoms with Crippen LogP contribution in [-0.4, -0.2) is 11.5 Å². The molecule has 0 aliphatic rings. The molecule has 106 valence electrons. The van der Waals surface area contributed by atoms with Crippen LogP contribution in [0.4, 0.5) is 0 Å². The zero-order chi connectivity index (χ0) is 14.4. The molecule has 1 heterocycles. The number of hydrogen-bond donors (Lipinski definition) is 1. The molecule has 1 aromatic carbocycles. The Balaban J connectivity index is 2.31. The summed E-state index contributed by atoms with van der Waals surface area (Å²) >= 11 is 3.60. The van der Waals surface area contributed by atoms with Crippen molar-refractivity contribution < 1.29 is 0 Å². The fraction of sp³-hybridized carbons (Fsp3) is 0.353. The molecule has 3 heteroatoms. The van der Waals surface area contributed by atoms with Crippen molar-refractivity contribution in [3.05, 3.63) is 63.9 Å². The summed E-state index contributed by atoms with van der Waals surface area (Å²) in [7, 11) is 0. The van der Waals surface area contributed by atoms with Gasteiger partial charge in [-0.2, -0.15) is 0 Å². The van der Waals surface area contributed by atoms with E-state index < -0.39 is 0 Å². The Hall–Kier alpha value is -1.19. The molecule has 0 amide bonds. The van der Waals surface area contributed by atoms with Gasteiger partial charge in [0.15, 0.2) is 0 Å². The second kappa shape index (κ2) is 7.55. The first-order valence-electron chi connectivity index (χ1n) is 7.18. The van der Waals surface area contributed by atoms with Crippen molar-refractivity contribution in [3.8, 4) is 0 Å². The fourth-order valence-electron chi connectivity index (χ4n) is 2.35. The first kappa shape index (κ1) is 15.2. The van der Waals surface area contributed by atoms with Crippen molar-refractivity contribution in [1.29, 1.82) is 0 Å². The first-order chi connectivity index (χ1) is 9.76. The maximum Gasteiger partial charge on any atom is 0.0762 e. The molecule has 0 radical (unpaired) electrons. The van der Waals surface area contributed by atoms with Crippen LogP contribution < -0.4 is 5.32 Å². The van der Waals surface area contributed by atoms with E-state index in [1.54, 1.807) is 0 Å². The van der Waals surface area contributed by atoms with Crippen LogP contribution in [0, 0.1) is 0 Å². The maximum absolute atomic E-state index is 4.52. The number of aryl methyl sites for hydroxylation is 1. The minimum Gasteiger partial charge on any atom is -0.305 e. The van der Waals surface area contributed by atoms with Gasteiger partial charge in [-0.1, -0.05) is 44.5 Å². The van der Waals surface area contributed by atoms with E-state index >= 15 is 0 Å². The highest BCUT2D eigenvalue weighted by Crippen LogP contribution is 2.26. The van der Waals surface area contributed by atoms with Crippen LogP contribution in [0.2, 0.25) is 0 Å². The molecule has 20 heavy (non-hydrogen) atoms. The molecule has 1 atom stereocenters. The van der Waals surface area contributed by atoms with Gasteiger partial charge in [0.2, 0.25) is 0 Å². The first-order valence-corrected chi connectivity index (χ1v) is 7.98. The highest BCUT2D eigenvalue weighted by Gasteiger charge is 2.16. The summed E-state index contributed by atoms with van der Waals surface area (Å²) in [4.78, 5) is 4.52. The zero-order valence-electron chi connectivity index (χ0n) is 12.1. The van der Waals surface area contributed by atoms with E-state index in [-0.39, 0.29) is 6.04 Å². The lowest BCUT2D eigenvalue weighted by Crippen LogP contribution is -2.23. The molecule has 0 fully saturated rings. The van der Waals surface area contributed by atoms with Crippen molar-refractivity contribution in [2.45, 2.75) is 32.7 Å². The van der Waals surface area contributed by atoms with Gasteiger partial charge in [0, 0.05) is 10.7 Å². The topological polar surface area (TPSA) is 24.9 Å².